The third kappa shape index (κ3) is 2.92. The molecule has 0 rings (SSSR count). The average molecular weight is 166 g/mol. The van der Waals surface area contributed by atoms with Gasteiger partial charge in [0.05, 0.1) is 11.4 Å². The SMILES string of the molecule is C=CN/C(N=CC)=C(\N)C(=C)N. The lowest BCUT2D eigenvalue weighted by Gasteiger charge is -2.05. The number of rotatable bonds is 4. The van der Waals surface area contributed by atoms with Crippen LogP contribution in [0.25, 0.3) is 0 Å². The lowest BCUT2D eigenvalue weighted by molar-refractivity contribution is 0.982. The van der Waals surface area contributed by atoms with E-state index in [0.717, 1.165) is 0 Å². The van der Waals surface area contributed by atoms with Gasteiger partial charge in [0.1, 0.15) is 0 Å². The van der Waals surface area contributed by atoms with Gasteiger partial charge in [0, 0.05) is 6.21 Å². The molecule has 0 aliphatic rings. The first-order chi connectivity index (χ1) is 5.63. The highest BCUT2D eigenvalue weighted by Crippen LogP contribution is 2.00. The summed E-state index contributed by atoms with van der Waals surface area (Å²) in [6, 6.07) is 0. The zero-order chi connectivity index (χ0) is 9.56. The number of aliphatic imine (C=N–C) groups is 1. The predicted octanol–water partition coefficient (Wildman–Crippen LogP) is 0.410. The van der Waals surface area contributed by atoms with Crippen molar-refractivity contribution >= 4 is 6.21 Å². The van der Waals surface area contributed by atoms with E-state index in [1.54, 1.807) is 13.1 Å². The minimum atomic E-state index is 0.282. The smallest absolute Gasteiger partial charge is 0.154 e. The zero-order valence-electron chi connectivity index (χ0n) is 7.17. The Morgan fingerprint density at radius 2 is 2.08 bits per heavy atom. The number of hydrogen-bond donors (Lipinski definition) is 3. The maximum Gasteiger partial charge on any atom is 0.154 e. The van der Waals surface area contributed by atoms with Crippen LogP contribution in [0.3, 0.4) is 0 Å². The first kappa shape index (κ1) is 10.3. The highest BCUT2D eigenvalue weighted by molar-refractivity contribution is 5.55. The molecule has 0 amide bonds. The van der Waals surface area contributed by atoms with Crippen molar-refractivity contribution in [3.8, 4) is 0 Å². The molecule has 4 heteroatoms. The van der Waals surface area contributed by atoms with E-state index in [0.29, 0.717) is 11.5 Å². The molecule has 66 valence electrons. The van der Waals surface area contributed by atoms with Crippen molar-refractivity contribution in [2.24, 2.45) is 16.5 Å². The van der Waals surface area contributed by atoms with Gasteiger partial charge in [-0.05, 0) is 13.1 Å². The van der Waals surface area contributed by atoms with E-state index in [1.807, 2.05) is 0 Å². The van der Waals surface area contributed by atoms with E-state index in [4.69, 9.17) is 11.5 Å². The molecular weight excluding hydrogens is 152 g/mol. The largest absolute Gasteiger partial charge is 0.397 e. The van der Waals surface area contributed by atoms with E-state index in [1.165, 1.54) is 6.20 Å². The number of nitrogens with one attached hydrogen (secondary N) is 1. The molecule has 0 aromatic rings. The standard InChI is InChI=1S/C8H14N4/c1-4-11-8(12-5-2)7(10)6(3)9/h4-5,11H,1,3,9-10H2,2H3/b8-7+,12-5?. The average Bonchev–Trinajstić information content (AvgIpc) is 2.03. The zero-order valence-corrected chi connectivity index (χ0v) is 7.17. The predicted molar refractivity (Wildman–Crippen MR) is 52.0 cm³/mol. The van der Waals surface area contributed by atoms with Crippen LogP contribution >= 0.6 is 0 Å². The van der Waals surface area contributed by atoms with Crippen molar-refractivity contribution in [2.45, 2.75) is 6.92 Å². The number of nitrogens with two attached hydrogens (primary N) is 2. The van der Waals surface area contributed by atoms with E-state index in [9.17, 15) is 0 Å². The molecule has 0 unspecified atom stereocenters. The van der Waals surface area contributed by atoms with Gasteiger partial charge in [-0.25, -0.2) is 4.99 Å². The Hall–Kier alpha value is -1.71. The van der Waals surface area contributed by atoms with Crippen molar-refractivity contribution in [1.82, 2.24) is 5.32 Å². The van der Waals surface area contributed by atoms with E-state index in [2.05, 4.69) is 23.5 Å². The van der Waals surface area contributed by atoms with E-state index in [-0.39, 0.29) is 5.70 Å². The fourth-order valence-corrected chi connectivity index (χ4v) is 0.562. The molecule has 0 bridgehead atoms. The van der Waals surface area contributed by atoms with Gasteiger partial charge in [0.2, 0.25) is 0 Å². The Balaban J connectivity index is 4.78. The Kier molecular flexibility index (Phi) is 4.30. The van der Waals surface area contributed by atoms with Crippen LogP contribution in [0, 0.1) is 0 Å². The summed E-state index contributed by atoms with van der Waals surface area (Å²) in [6.07, 6.45) is 3.07. The van der Waals surface area contributed by atoms with Crippen molar-refractivity contribution in [2.75, 3.05) is 0 Å². The van der Waals surface area contributed by atoms with E-state index < -0.39 is 0 Å². The minimum absolute atomic E-state index is 0.282. The summed E-state index contributed by atoms with van der Waals surface area (Å²) >= 11 is 0. The summed E-state index contributed by atoms with van der Waals surface area (Å²) in [6.45, 7) is 8.74. The molecule has 0 aliphatic heterocycles. The van der Waals surface area contributed by atoms with Crippen LogP contribution in [-0.2, 0) is 0 Å². The highest BCUT2D eigenvalue weighted by Gasteiger charge is 1.99. The first-order valence-corrected chi connectivity index (χ1v) is 3.44. The molecule has 0 atom stereocenters. The molecule has 0 aromatic heterocycles. The molecule has 12 heavy (non-hydrogen) atoms. The third-order valence-corrected chi connectivity index (χ3v) is 1.10. The van der Waals surface area contributed by atoms with Crippen molar-refractivity contribution < 1.29 is 0 Å². The monoisotopic (exact) mass is 166 g/mol. The van der Waals surface area contributed by atoms with Gasteiger partial charge in [-0.15, -0.1) is 0 Å². The summed E-state index contributed by atoms with van der Waals surface area (Å²) in [5.41, 5.74) is 11.5. The fraction of sp³-hybridized carbons (Fsp3) is 0.125. The van der Waals surface area contributed by atoms with Gasteiger partial charge in [0.15, 0.2) is 5.82 Å². The Bertz CT molecular complexity index is 237. The molecular formula is C8H14N4. The molecule has 4 nitrogen and oxygen atoms in total. The Morgan fingerprint density at radius 1 is 1.50 bits per heavy atom. The maximum absolute atomic E-state index is 5.56. The van der Waals surface area contributed by atoms with Crippen LogP contribution in [-0.4, -0.2) is 6.21 Å². The van der Waals surface area contributed by atoms with Crippen LogP contribution in [0.2, 0.25) is 0 Å². The Labute approximate surface area is 72.4 Å². The summed E-state index contributed by atoms with van der Waals surface area (Å²) in [7, 11) is 0. The molecule has 0 spiro atoms. The third-order valence-electron chi connectivity index (χ3n) is 1.10. The van der Waals surface area contributed by atoms with Crippen LogP contribution < -0.4 is 16.8 Å². The lowest BCUT2D eigenvalue weighted by atomic mass is 10.3. The molecule has 0 aromatic carbocycles. The molecule has 0 fully saturated rings. The quantitative estimate of drug-likeness (QED) is 0.418. The summed E-state index contributed by atoms with van der Waals surface area (Å²) < 4.78 is 0. The molecule has 0 aliphatic carbocycles. The van der Waals surface area contributed by atoms with Crippen LogP contribution in [0.4, 0.5) is 0 Å². The Morgan fingerprint density at radius 3 is 2.42 bits per heavy atom. The van der Waals surface area contributed by atoms with Crippen LogP contribution in [0.5, 0.6) is 0 Å². The molecule has 5 N–H and O–H groups in total. The minimum Gasteiger partial charge on any atom is -0.397 e. The van der Waals surface area contributed by atoms with Gasteiger partial charge < -0.3 is 16.8 Å². The van der Waals surface area contributed by atoms with Gasteiger partial charge >= 0.3 is 0 Å². The van der Waals surface area contributed by atoms with Crippen LogP contribution in [0.15, 0.2) is 41.6 Å². The lowest BCUT2D eigenvalue weighted by Crippen LogP contribution is -2.16. The van der Waals surface area contributed by atoms with Crippen LogP contribution in [0.1, 0.15) is 6.92 Å². The fourth-order valence-electron chi connectivity index (χ4n) is 0.562. The second kappa shape index (κ2) is 5.01. The first-order valence-electron chi connectivity index (χ1n) is 3.44. The second-order valence-corrected chi connectivity index (χ2v) is 2.02. The number of nitrogens with zero attached hydrogens (tertiary/aromatic N) is 1. The van der Waals surface area contributed by atoms with Gasteiger partial charge in [-0.1, -0.05) is 13.2 Å². The molecule has 0 saturated carbocycles. The summed E-state index contributed by atoms with van der Waals surface area (Å²) in [5, 5.41) is 2.74. The highest BCUT2D eigenvalue weighted by atomic mass is 15.0. The number of hydrogen-bond acceptors (Lipinski definition) is 4. The normalized spacial score (nSPS) is 12.4. The molecule has 0 radical (unpaired) electrons. The van der Waals surface area contributed by atoms with Gasteiger partial charge in [-0.2, -0.15) is 0 Å². The van der Waals surface area contributed by atoms with Gasteiger partial charge in [0.25, 0.3) is 0 Å². The maximum atomic E-state index is 5.56. The summed E-state index contributed by atoms with van der Waals surface area (Å²) in [5.74, 6) is 0.458. The topological polar surface area (TPSA) is 76.4 Å². The molecule has 0 saturated heterocycles. The van der Waals surface area contributed by atoms with Crippen molar-refractivity contribution in [3.05, 3.63) is 36.6 Å². The second-order valence-electron chi connectivity index (χ2n) is 2.02. The van der Waals surface area contributed by atoms with Gasteiger partial charge in [-0.3, -0.25) is 0 Å². The van der Waals surface area contributed by atoms with Crippen molar-refractivity contribution in [3.63, 3.8) is 0 Å². The summed E-state index contributed by atoms with van der Waals surface area (Å²) in [4.78, 5) is 3.94. The van der Waals surface area contributed by atoms with Crippen molar-refractivity contribution in [1.29, 1.82) is 0 Å². The molecule has 0 heterocycles. The van der Waals surface area contributed by atoms with E-state index >= 15 is 0 Å².